The molecule has 0 amide bonds. The van der Waals surface area contributed by atoms with Crippen LogP contribution in [-0.2, 0) is 0 Å². The molecule has 1 atom stereocenters. The molecule has 0 bridgehead atoms. The molecule has 1 heterocycles. The van der Waals surface area contributed by atoms with Gasteiger partial charge in [0.1, 0.15) is 0 Å². The number of nitrogens with one attached hydrogen (secondary N) is 1. The Morgan fingerprint density at radius 3 is 2.68 bits per heavy atom. The highest BCUT2D eigenvalue weighted by atomic mass is 15.1. The van der Waals surface area contributed by atoms with E-state index in [9.17, 15) is 0 Å². The van der Waals surface area contributed by atoms with E-state index in [-0.39, 0.29) is 0 Å². The van der Waals surface area contributed by atoms with Crippen LogP contribution in [0.2, 0.25) is 0 Å². The Balaban J connectivity index is 1.60. The third-order valence-corrected chi connectivity index (χ3v) is 4.19. The summed E-state index contributed by atoms with van der Waals surface area (Å²) in [6.45, 7) is 5.01. The summed E-state index contributed by atoms with van der Waals surface area (Å²) in [5, 5.41) is 3.21. The minimum absolute atomic E-state index is 0.769. The summed E-state index contributed by atoms with van der Waals surface area (Å²) in [6.07, 6.45) is 6.78. The number of hydrogen-bond acceptors (Lipinski definition) is 2. The molecule has 1 aliphatic heterocycles. The van der Waals surface area contributed by atoms with Gasteiger partial charge in [-0.1, -0.05) is 43.2 Å². The molecule has 2 rings (SSSR count). The van der Waals surface area contributed by atoms with E-state index in [4.69, 9.17) is 0 Å². The first kappa shape index (κ1) is 14.5. The van der Waals surface area contributed by atoms with Gasteiger partial charge in [0, 0.05) is 6.54 Å². The maximum Gasteiger partial charge on any atom is 0.00507 e. The Morgan fingerprint density at radius 2 is 1.89 bits per heavy atom. The molecule has 0 radical (unpaired) electrons. The number of benzene rings is 1. The van der Waals surface area contributed by atoms with E-state index in [2.05, 4.69) is 40.5 Å². The maximum atomic E-state index is 3.21. The van der Waals surface area contributed by atoms with Gasteiger partial charge in [-0.15, -0.1) is 0 Å². The van der Waals surface area contributed by atoms with E-state index >= 15 is 0 Å². The monoisotopic (exact) mass is 260 g/mol. The lowest BCUT2D eigenvalue weighted by Gasteiger charge is -2.16. The van der Waals surface area contributed by atoms with Gasteiger partial charge in [-0.3, -0.25) is 0 Å². The van der Waals surface area contributed by atoms with Crippen LogP contribution >= 0.6 is 0 Å². The Hall–Kier alpha value is -0.860. The summed E-state index contributed by atoms with van der Waals surface area (Å²) in [5.41, 5.74) is 1.53. The van der Waals surface area contributed by atoms with Gasteiger partial charge in [-0.25, -0.2) is 0 Å². The van der Waals surface area contributed by atoms with Gasteiger partial charge in [-0.05, 0) is 57.4 Å². The third-order valence-electron chi connectivity index (χ3n) is 4.19. The van der Waals surface area contributed by atoms with Crippen LogP contribution in [0.1, 0.15) is 43.6 Å². The molecule has 2 heteroatoms. The van der Waals surface area contributed by atoms with Gasteiger partial charge in [-0.2, -0.15) is 0 Å². The van der Waals surface area contributed by atoms with Crippen LogP contribution in [0.5, 0.6) is 0 Å². The molecule has 2 nitrogen and oxygen atoms in total. The summed E-state index contributed by atoms with van der Waals surface area (Å²) < 4.78 is 0. The summed E-state index contributed by atoms with van der Waals surface area (Å²) in [5.74, 6) is 0.769. The van der Waals surface area contributed by atoms with Crippen molar-refractivity contribution in [2.75, 3.05) is 33.2 Å². The van der Waals surface area contributed by atoms with Crippen molar-refractivity contribution in [2.45, 2.75) is 38.0 Å². The van der Waals surface area contributed by atoms with Crippen LogP contribution in [0.15, 0.2) is 30.3 Å². The fraction of sp³-hybridized carbons (Fsp3) is 0.647. The van der Waals surface area contributed by atoms with Crippen molar-refractivity contribution in [1.82, 2.24) is 10.2 Å². The molecule has 1 aromatic rings. The van der Waals surface area contributed by atoms with Gasteiger partial charge in [0.25, 0.3) is 0 Å². The Labute approximate surface area is 118 Å². The minimum atomic E-state index is 0.769. The lowest BCUT2D eigenvalue weighted by atomic mass is 9.99. The van der Waals surface area contributed by atoms with E-state index in [1.807, 2.05) is 7.05 Å². The lowest BCUT2D eigenvalue weighted by Crippen LogP contribution is -2.21. The summed E-state index contributed by atoms with van der Waals surface area (Å²) in [7, 11) is 2.04. The average molecular weight is 260 g/mol. The predicted molar refractivity (Wildman–Crippen MR) is 82.6 cm³/mol. The molecule has 1 saturated heterocycles. The van der Waals surface area contributed by atoms with Crippen molar-refractivity contribution in [3.05, 3.63) is 35.9 Å². The highest BCUT2D eigenvalue weighted by Gasteiger charge is 2.22. The molecule has 1 fully saturated rings. The highest BCUT2D eigenvalue weighted by Crippen LogP contribution is 2.26. The summed E-state index contributed by atoms with van der Waals surface area (Å²) in [4.78, 5) is 2.65. The molecule has 0 aliphatic carbocycles. The number of nitrogens with zero attached hydrogens (tertiary/aromatic N) is 1. The van der Waals surface area contributed by atoms with E-state index in [0.29, 0.717) is 0 Å². The average Bonchev–Trinajstić information content (AvgIpc) is 2.92. The standard InChI is InChI=1S/C17H28N2/c1-18-12-7-2-3-8-13-19-14-11-17(15-19)16-9-5-4-6-10-16/h4-6,9-10,17-18H,2-3,7-8,11-15H2,1H3. The molecule has 1 unspecified atom stereocenters. The summed E-state index contributed by atoms with van der Waals surface area (Å²) in [6, 6.07) is 11.0. The normalized spacial score (nSPS) is 19.9. The van der Waals surface area contributed by atoms with Crippen LogP contribution in [0.4, 0.5) is 0 Å². The zero-order valence-electron chi connectivity index (χ0n) is 12.3. The molecule has 19 heavy (non-hydrogen) atoms. The van der Waals surface area contributed by atoms with Crippen LogP contribution < -0.4 is 5.32 Å². The van der Waals surface area contributed by atoms with Crippen molar-refractivity contribution >= 4 is 0 Å². The van der Waals surface area contributed by atoms with Crippen LogP contribution in [0.25, 0.3) is 0 Å². The van der Waals surface area contributed by atoms with Crippen molar-refractivity contribution in [3.8, 4) is 0 Å². The fourth-order valence-electron chi connectivity index (χ4n) is 3.02. The van der Waals surface area contributed by atoms with Crippen LogP contribution in [0, 0.1) is 0 Å². The highest BCUT2D eigenvalue weighted by molar-refractivity contribution is 5.20. The van der Waals surface area contributed by atoms with Crippen molar-refractivity contribution in [1.29, 1.82) is 0 Å². The largest absolute Gasteiger partial charge is 0.320 e. The molecule has 0 spiro atoms. The Morgan fingerprint density at radius 1 is 1.11 bits per heavy atom. The minimum Gasteiger partial charge on any atom is -0.320 e. The van der Waals surface area contributed by atoms with Gasteiger partial charge < -0.3 is 10.2 Å². The van der Waals surface area contributed by atoms with Crippen molar-refractivity contribution in [3.63, 3.8) is 0 Å². The molecule has 0 aromatic heterocycles. The fourth-order valence-corrected chi connectivity index (χ4v) is 3.02. The van der Waals surface area contributed by atoms with Gasteiger partial charge in [0.15, 0.2) is 0 Å². The zero-order valence-corrected chi connectivity index (χ0v) is 12.3. The Bertz CT molecular complexity index is 336. The SMILES string of the molecule is CNCCCCCCN1CCC(c2ccccc2)C1. The molecule has 1 aromatic carbocycles. The van der Waals surface area contributed by atoms with E-state index in [0.717, 1.165) is 5.92 Å². The molecular formula is C17H28N2. The second-order valence-electron chi connectivity index (χ2n) is 5.71. The van der Waals surface area contributed by atoms with E-state index in [1.54, 1.807) is 0 Å². The maximum absolute atomic E-state index is 3.21. The third kappa shape index (κ3) is 4.96. The van der Waals surface area contributed by atoms with Gasteiger partial charge >= 0.3 is 0 Å². The molecule has 0 saturated carbocycles. The van der Waals surface area contributed by atoms with E-state index in [1.165, 1.54) is 63.8 Å². The van der Waals surface area contributed by atoms with Gasteiger partial charge in [0.05, 0.1) is 0 Å². The van der Waals surface area contributed by atoms with Crippen molar-refractivity contribution < 1.29 is 0 Å². The van der Waals surface area contributed by atoms with Crippen LogP contribution in [0.3, 0.4) is 0 Å². The molecular weight excluding hydrogens is 232 g/mol. The Kier molecular flexibility index (Phi) is 6.38. The number of unbranched alkanes of at least 4 members (excludes halogenated alkanes) is 3. The summed E-state index contributed by atoms with van der Waals surface area (Å²) >= 11 is 0. The number of likely N-dealkylation sites (tertiary alicyclic amines) is 1. The topological polar surface area (TPSA) is 15.3 Å². The van der Waals surface area contributed by atoms with E-state index < -0.39 is 0 Å². The second-order valence-corrected chi connectivity index (χ2v) is 5.71. The first-order chi connectivity index (χ1) is 9.40. The number of rotatable bonds is 8. The molecule has 1 N–H and O–H groups in total. The second kappa shape index (κ2) is 8.34. The zero-order chi connectivity index (χ0) is 13.3. The molecule has 1 aliphatic rings. The quantitative estimate of drug-likeness (QED) is 0.722. The van der Waals surface area contributed by atoms with Crippen LogP contribution in [-0.4, -0.2) is 38.1 Å². The first-order valence-electron chi connectivity index (χ1n) is 7.82. The predicted octanol–water partition coefficient (Wildman–Crippen LogP) is 3.26. The smallest absolute Gasteiger partial charge is 0.00507 e. The van der Waals surface area contributed by atoms with Crippen molar-refractivity contribution in [2.24, 2.45) is 0 Å². The number of hydrogen-bond donors (Lipinski definition) is 1. The first-order valence-corrected chi connectivity index (χ1v) is 7.82. The molecule has 106 valence electrons. The van der Waals surface area contributed by atoms with Gasteiger partial charge in [0.2, 0.25) is 0 Å². The lowest BCUT2D eigenvalue weighted by molar-refractivity contribution is 0.324.